The Hall–Kier alpha value is -1.63. The topological polar surface area (TPSA) is 90.2 Å². The Morgan fingerprint density at radius 2 is 2.19 bits per heavy atom. The van der Waals surface area contributed by atoms with Crippen molar-refractivity contribution in [2.75, 3.05) is 18.0 Å². The van der Waals surface area contributed by atoms with Gasteiger partial charge in [0.15, 0.2) is 0 Å². The van der Waals surface area contributed by atoms with E-state index in [2.05, 4.69) is 16.9 Å². The minimum atomic E-state index is -0.302. The van der Waals surface area contributed by atoms with Crippen LogP contribution in [0.1, 0.15) is 45.2 Å². The summed E-state index contributed by atoms with van der Waals surface area (Å²) in [7, 11) is 1.78. The first-order valence-corrected chi connectivity index (χ1v) is 7.54. The summed E-state index contributed by atoms with van der Waals surface area (Å²) in [5, 5.41) is 15.9. The molecule has 21 heavy (non-hydrogen) atoms. The lowest BCUT2D eigenvalue weighted by Crippen LogP contribution is -2.47. The molecule has 1 aromatic rings. The number of nitrogens with zero attached hydrogens (tertiary/aromatic N) is 4. The van der Waals surface area contributed by atoms with Gasteiger partial charge in [-0.3, -0.25) is 10.1 Å². The molecule has 0 saturated carbocycles. The Morgan fingerprint density at radius 3 is 2.71 bits per heavy atom. The molecule has 2 atom stereocenters. The van der Waals surface area contributed by atoms with Crippen molar-refractivity contribution in [3.63, 3.8) is 0 Å². The van der Waals surface area contributed by atoms with E-state index in [1.165, 1.54) is 0 Å². The number of aryl methyl sites for hydroxylation is 1. The molecule has 7 heteroatoms. The second-order valence-electron chi connectivity index (χ2n) is 6.31. The molecule has 2 heterocycles. The van der Waals surface area contributed by atoms with Crippen LogP contribution in [0.4, 0.5) is 11.5 Å². The van der Waals surface area contributed by atoms with Crippen molar-refractivity contribution in [3.8, 4) is 0 Å². The van der Waals surface area contributed by atoms with Gasteiger partial charge in [0.25, 0.3) is 0 Å². The van der Waals surface area contributed by atoms with Gasteiger partial charge in [0, 0.05) is 32.1 Å². The van der Waals surface area contributed by atoms with Gasteiger partial charge in [0.2, 0.25) is 5.82 Å². The molecule has 0 aromatic carbocycles. The first-order chi connectivity index (χ1) is 9.86. The SMILES string of the molecule is CC1CCN(c2c([N+](=O)[O-])c(C(C)C)nn2C)C(CN)C1. The number of piperidine rings is 1. The third-order valence-corrected chi connectivity index (χ3v) is 4.27. The minimum Gasteiger partial charge on any atom is -0.347 e. The highest BCUT2D eigenvalue weighted by atomic mass is 16.6. The number of nitrogens with two attached hydrogens (primary N) is 1. The molecule has 0 bridgehead atoms. The summed E-state index contributed by atoms with van der Waals surface area (Å²) in [5.74, 6) is 1.23. The Morgan fingerprint density at radius 1 is 1.52 bits per heavy atom. The predicted molar refractivity (Wildman–Crippen MR) is 82.5 cm³/mol. The largest absolute Gasteiger partial charge is 0.347 e. The predicted octanol–water partition coefficient (Wildman–Crippen LogP) is 2.02. The molecule has 1 aliphatic heterocycles. The quantitative estimate of drug-likeness (QED) is 0.678. The monoisotopic (exact) mass is 295 g/mol. The lowest BCUT2D eigenvalue weighted by Gasteiger charge is -2.38. The van der Waals surface area contributed by atoms with E-state index >= 15 is 0 Å². The van der Waals surface area contributed by atoms with Gasteiger partial charge in [0.1, 0.15) is 5.69 Å². The van der Waals surface area contributed by atoms with Crippen molar-refractivity contribution in [2.45, 2.75) is 45.6 Å². The second-order valence-corrected chi connectivity index (χ2v) is 6.31. The summed E-state index contributed by atoms with van der Waals surface area (Å²) in [6, 6.07) is 0.142. The zero-order valence-corrected chi connectivity index (χ0v) is 13.2. The fourth-order valence-electron chi connectivity index (χ4n) is 3.16. The van der Waals surface area contributed by atoms with Crippen molar-refractivity contribution in [1.29, 1.82) is 0 Å². The lowest BCUT2D eigenvalue weighted by molar-refractivity contribution is -0.385. The van der Waals surface area contributed by atoms with Crippen molar-refractivity contribution in [2.24, 2.45) is 18.7 Å². The van der Waals surface area contributed by atoms with E-state index in [1.54, 1.807) is 11.7 Å². The van der Waals surface area contributed by atoms with Gasteiger partial charge in [-0.2, -0.15) is 5.10 Å². The first-order valence-electron chi connectivity index (χ1n) is 7.54. The molecule has 7 nitrogen and oxygen atoms in total. The molecular formula is C14H25N5O2. The van der Waals surface area contributed by atoms with Gasteiger partial charge in [0.05, 0.1) is 4.92 Å². The van der Waals surface area contributed by atoms with Crippen LogP contribution in [0.2, 0.25) is 0 Å². The Kier molecular flexibility index (Phi) is 4.51. The Bertz CT molecular complexity index is 526. The van der Waals surface area contributed by atoms with Crippen molar-refractivity contribution >= 4 is 11.5 Å². The third kappa shape index (κ3) is 2.88. The number of hydrogen-bond acceptors (Lipinski definition) is 5. The van der Waals surface area contributed by atoms with Crippen LogP contribution in [0, 0.1) is 16.0 Å². The van der Waals surface area contributed by atoms with Crippen molar-refractivity contribution in [3.05, 3.63) is 15.8 Å². The fourth-order valence-corrected chi connectivity index (χ4v) is 3.16. The smallest absolute Gasteiger partial charge is 0.334 e. The summed E-state index contributed by atoms with van der Waals surface area (Å²) in [6.07, 6.45) is 1.99. The molecule has 0 radical (unpaired) electrons. The van der Waals surface area contributed by atoms with E-state index in [9.17, 15) is 10.1 Å². The van der Waals surface area contributed by atoms with E-state index in [0.29, 0.717) is 24.0 Å². The van der Waals surface area contributed by atoms with Crippen molar-refractivity contribution < 1.29 is 4.92 Å². The summed E-state index contributed by atoms with van der Waals surface area (Å²) in [6.45, 7) is 7.36. The van der Waals surface area contributed by atoms with Crippen LogP contribution in [0.5, 0.6) is 0 Å². The van der Waals surface area contributed by atoms with Gasteiger partial charge in [-0.05, 0) is 18.8 Å². The zero-order chi connectivity index (χ0) is 15.7. The van der Waals surface area contributed by atoms with Gasteiger partial charge < -0.3 is 10.6 Å². The van der Waals surface area contributed by atoms with Crippen LogP contribution < -0.4 is 10.6 Å². The van der Waals surface area contributed by atoms with Crippen LogP contribution in [0.15, 0.2) is 0 Å². The highest BCUT2D eigenvalue weighted by molar-refractivity contribution is 5.63. The van der Waals surface area contributed by atoms with Gasteiger partial charge in [-0.15, -0.1) is 0 Å². The summed E-state index contributed by atoms with van der Waals surface area (Å²) < 4.78 is 1.64. The number of anilines is 1. The van der Waals surface area contributed by atoms with E-state index in [-0.39, 0.29) is 22.6 Å². The van der Waals surface area contributed by atoms with Gasteiger partial charge >= 0.3 is 5.69 Å². The normalized spacial score (nSPS) is 22.9. The maximum Gasteiger partial charge on any atom is 0.334 e. The fraction of sp³-hybridized carbons (Fsp3) is 0.786. The number of rotatable bonds is 4. The van der Waals surface area contributed by atoms with E-state index in [0.717, 1.165) is 19.4 Å². The van der Waals surface area contributed by atoms with Gasteiger partial charge in [-0.25, -0.2) is 4.68 Å². The Labute approximate surface area is 125 Å². The highest BCUT2D eigenvalue weighted by Gasteiger charge is 2.36. The number of hydrogen-bond donors (Lipinski definition) is 1. The Balaban J connectivity index is 2.49. The van der Waals surface area contributed by atoms with Crippen LogP contribution in [-0.4, -0.2) is 33.8 Å². The van der Waals surface area contributed by atoms with E-state index in [4.69, 9.17) is 5.73 Å². The molecule has 118 valence electrons. The lowest BCUT2D eigenvalue weighted by atomic mass is 9.92. The maximum absolute atomic E-state index is 11.6. The van der Waals surface area contributed by atoms with Crippen LogP contribution in [-0.2, 0) is 7.05 Å². The molecule has 1 fully saturated rings. The molecule has 2 unspecified atom stereocenters. The zero-order valence-electron chi connectivity index (χ0n) is 13.2. The van der Waals surface area contributed by atoms with Crippen LogP contribution in [0.25, 0.3) is 0 Å². The van der Waals surface area contributed by atoms with Gasteiger partial charge in [-0.1, -0.05) is 20.8 Å². The molecule has 0 amide bonds. The average molecular weight is 295 g/mol. The van der Waals surface area contributed by atoms with E-state index in [1.807, 2.05) is 13.8 Å². The van der Waals surface area contributed by atoms with Crippen molar-refractivity contribution in [1.82, 2.24) is 9.78 Å². The second kappa shape index (κ2) is 6.01. The molecule has 0 spiro atoms. The maximum atomic E-state index is 11.6. The highest BCUT2D eigenvalue weighted by Crippen LogP contribution is 2.38. The third-order valence-electron chi connectivity index (χ3n) is 4.27. The van der Waals surface area contributed by atoms with Crippen LogP contribution in [0.3, 0.4) is 0 Å². The molecule has 1 aliphatic rings. The number of nitro groups is 1. The molecule has 1 aromatic heterocycles. The molecule has 0 aliphatic carbocycles. The first kappa shape index (κ1) is 15.8. The van der Waals surface area contributed by atoms with Crippen LogP contribution >= 0.6 is 0 Å². The summed E-state index contributed by atoms with van der Waals surface area (Å²) in [5.41, 5.74) is 6.58. The average Bonchev–Trinajstić information content (AvgIpc) is 2.76. The number of aromatic nitrogens is 2. The summed E-state index contributed by atoms with van der Waals surface area (Å²) in [4.78, 5) is 13.3. The minimum absolute atomic E-state index is 0.0189. The molecule has 2 rings (SSSR count). The standard InChI is InChI=1S/C14H25N5O2/c1-9(2)12-13(19(20)21)14(17(4)16-12)18-6-5-10(3)7-11(18)8-15/h9-11H,5-8,15H2,1-4H3. The molecule has 2 N–H and O–H groups in total. The molecule has 1 saturated heterocycles. The van der Waals surface area contributed by atoms with E-state index < -0.39 is 0 Å². The molecular weight excluding hydrogens is 270 g/mol. The summed E-state index contributed by atoms with van der Waals surface area (Å²) >= 11 is 0.